The number of carbonyl (C=O) groups is 1. The predicted octanol–water partition coefficient (Wildman–Crippen LogP) is 2.85. The molecular formula is C9H5FOS. The molecule has 60 valence electrons. The van der Waals surface area contributed by atoms with Gasteiger partial charge < -0.3 is 0 Å². The second kappa shape index (κ2) is 2.68. The zero-order valence-corrected chi connectivity index (χ0v) is 6.90. The predicted molar refractivity (Wildman–Crippen MR) is 47.2 cm³/mol. The number of hydrogen-bond acceptors (Lipinski definition) is 2. The standard InChI is InChI=1S/C9H5FOS/c10-7-1-2-9-8(3-7)6(4-11)5-12-9/h1-5H. The van der Waals surface area contributed by atoms with Crippen LogP contribution >= 0.6 is 11.3 Å². The van der Waals surface area contributed by atoms with Crippen LogP contribution < -0.4 is 0 Å². The van der Waals surface area contributed by atoms with Crippen molar-refractivity contribution in [1.82, 2.24) is 0 Å². The third-order valence-electron chi connectivity index (χ3n) is 1.69. The van der Waals surface area contributed by atoms with E-state index >= 15 is 0 Å². The summed E-state index contributed by atoms with van der Waals surface area (Å²) in [6.07, 6.45) is 0.748. The fraction of sp³-hybridized carbons (Fsp3) is 0. The van der Waals surface area contributed by atoms with Crippen LogP contribution in [0.4, 0.5) is 4.39 Å². The van der Waals surface area contributed by atoms with Gasteiger partial charge in [-0.05, 0) is 18.2 Å². The summed E-state index contributed by atoms with van der Waals surface area (Å²) in [4.78, 5) is 10.5. The first-order valence-corrected chi connectivity index (χ1v) is 4.31. The highest BCUT2D eigenvalue weighted by atomic mass is 32.1. The van der Waals surface area contributed by atoms with Gasteiger partial charge in [0.15, 0.2) is 6.29 Å². The van der Waals surface area contributed by atoms with Gasteiger partial charge in [0.1, 0.15) is 5.82 Å². The average molecular weight is 180 g/mol. The van der Waals surface area contributed by atoms with Gasteiger partial charge in [0, 0.05) is 21.0 Å². The van der Waals surface area contributed by atoms with Crippen LogP contribution in [0.25, 0.3) is 10.1 Å². The Morgan fingerprint density at radius 2 is 2.25 bits per heavy atom. The number of fused-ring (bicyclic) bond motifs is 1. The van der Waals surface area contributed by atoms with Crippen molar-refractivity contribution in [1.29, 1.82) is 0 Å². The lowest BCUT2D eigenvalue weighted by atomic mass is 10.2. The summed E-state index contributed by atoms with van der Waals surface area (Å²) in [6.45, 7) is 0. The van der Waals surface area contributed by atoms with E-state index in [4.69, 9.17) is 0 Å². The number of benzene rings is 1. The van der Waals surface area contributed by atoms with Crippen LogP contribution in [0.15, 0.2) is 23.6 Å². The van der Waals surface area contributed by atoms with E-state index in [1.165, 1.54) is 23.5 Å². The smallest absolute Gasteiger partial charge is 0.151 e. The molecule has 0 saturated carbocycles. The molecule has 2 aromatic rings. The highest BCUT2D eigenvalue weighted by Crippen LogP contribution is 2.25. The van der Waals surface area contributed by atoms with Crippen LogP contribution in [0, 0.1) is 5.82 Å². The highest BCUT2D eigenvalue weighted by Gasteiger charge is 2.02. The summed E-state index contributed by atoms with van der Waals surface area (Å²) in [5.41, 5.74) is 0.564. The minimum Gasteiger partial charge on any atom is -0.298 e. The van der Waals surface area contributed by atoms with Crippen LogP contribution in [0.5, 0.6) is 0 Å². The molecule has 0 bridgehead atoms. The van der Waals surface area contributed by atoms with Gasteiger partial charge in [-0.2, -0.15) is 0 Å². The third kappa shape index (κ3) is 1.02. The first-order chi connectivity index (χ1) is 5.81. The maximum absolute atomic E-state index is 12.7. The summed E-state index contributed by atoms with van der Waals surface area (Å²) >= 11 is 1.45. The van der Waals surface area contributed by atoms with Gasteiger partial charge in [-0.3, -0.25) is 4.79 Å². The second-order valence-corrected chi connectivity index (χ2v) is 3.36. The van der Waals surface area contributed by atoms with Gasteiger partial charge in [-0.25, -0.2) is 4.39 Å². The van der Waals surface area contributed by atoms with Gasteiger partial charge in [-0.15, -0.1) is 11.3 Å². The highest BCUT2D eigenvalue weighted by molar-refractivity contribution is 7.17. The Morgan fingerprint density at radius 3 is 3.00 bits per heavy atom. The van der Waals surface area contributed by atoms with Crippen molar-refractivity contribution in [2.45, 2.75) is 0 Å². The van der Waals surface area contributed by atoms with E-state index in [1.807, 2.05) is 0 Å². The van der Waals surface area contributed by atoms with E-state index in [0.717, 1.165) is 11.0 Å². The van der Waals surface area contributed by atoms with Crippen molar-refractivity contribution in [3.05, 3.63) is 35.0 Å². The summed E-state index contributed by atoms with van der Waals surface area (Å²) in [7, 11) is 0. The van der Waals surface area contributed by atoms with E-state index in [0.29, 0.717) is 10.9 Å². The zero-order valence-electron chi connectivity index (χ0n) is 6.08. The zero-order chi connectivity index (χ0) is 8.55. The molecule has 2 rings (SSSR count). The van der Waals surface area contributed by atoms with Gasteiger partial charge >= 0.3 is 0 Å². The molecule has 0 N–H and O–H groups in total. The number of rotatable bonds is 1. The topological polar surface area (TPSA) is 17.1 Å². The Morgan fingerprint density at radius 1 is 1.42 bits per heavy atom. The molecule has 0 spiro atoms. The van der Waals surface area contributed by atoms with Crippen LogP contribution in [0.3, 0.4) is 0 Å². The van der Waals surface area contributed by atoms with E-state index in [1.54, 1.807) is 11.4 Å². The van der Waals surface area contributed by atoms with E-state index in [9.17, 15) is 9.18 Å². The molecule has 0 unspecified atom stereocenters. The molecule has 0 aliphatic heterocycles. The maximum atomic E-state index is 12.7. The Labute approximate surface area is 72.4 Å². The van der Waals surface area contributed by atoms with E-state index < -0.39 is 0 Å². The molecular weight excluding hydrogens is 175 g/mol. The molecule has 0 aliphatic carbocycles. The molecule has 0 amide bonds. The molecule has 1 aromatic heterocycles. The molecule has 0 atom stereocenters. The molecule has 1 aromatic carbocycles. The Balaban J connectivity index is 2.83. The molecule has 0 saturated heterocycles. The van der Waals surface area contributed by atoms with Crippen molar-refractivity contribution in [2.24, 2.45) is 0 Å². The monoisotopic (exact) mass is 180 g/mol. The van der Waals surface area contributed by atoms with E-state index in [-0.39, 0.29) is 5.82 Å². The first-order valence-electron chi connectivity index (χ1n) is 3.43. The van der Waals surface area contributed by atoms with Crippen molar-refractivity contribution in [3.63, 3.8) is 0 Å². The van der Waals surface area contributed by atoms with Crippen LogP contribution in [-0.4, -0.2) is 6.29 Å². The van der Waals surface area contributed by atoms with Crippen LogP contribution in [-0.2, 0) is 0 Å². The van der Waals surface area contributed by atoms with Crippen LogP contribution in [0.1, 0.15) is 10.4 Å². The average Bonchev–Trinajstić information content (AvgIpc) is 2.46. The molecule has 1 heterocycles. The minimum absolute atomic E-state index is 0.302. The number of halogens is 1. The summed E-state index contributed by atoms with van der Waals surface area (Å²) in [6, 6.07) is 4.46. The van der Waals surface area contributed by atoms with Gasteiger partial charge in [-0.1, -0.05) is 0 Å². The normalized spacial score (nSPS) is 10.4. The number of thiophene rings is 1. The third-order valence-corrected chi connectivity index (χ3v) is 2.67. The number of carbonyl (C=O) groups excluding carboxylic acids is 1. The molecule has 0 fully saturated rings. The van der Waals surface area contributed by atoms with Crippen molar-refractivity contribution in [2.75, 3.05) is 0 Å². The summed E-state index contributed by atoms with van der Waals surface area (Å²) in [5.74, 6) is -0.302. The van der Waals surface area contributed by atoms with Crippen molar-refractivity contribution in [3.8, 4) is 0 Å². The molecule has 3 heteroatoms. The van der Waals surface area contributed by atoms with Crippen molar-refractivity contribution >= 4 is 27.7 Å². The summed E-state index contributed by atoms with van der Waals surface area (Å²) < 4.78 is 13.7. The largest absolute Gasteiger partial charge is 0.298 e. The quantitative estimate of drug-likeness (QED) is 0.617. The maximum Gasteiger partial charge on any atom is 0.151 e. The summed E-state index contributed by atoms with van der Waals surface area (Å²) in [5, 5.41) is 2.44. The molecule has 0 radical (unpaired) electrons. The van der Waals surface area contributed by atoms with E-state index in [2.05, 4.69) is 0 Å². The first kappa shape index (κ1) is 7.43. The van der Waals surface area contributed by atoms with Gasteiger partial charge in [0.2, 0.25) is 0 Å². The minimum atomic E-state index is -0.302. The number of hydrogen-bond donors (Lipinski definition) is 0. The van der Waals surface area contributed by atoms with Gasteiger partial charge in [0.25, 0.3) is 0 Å². The molecule has 12 heavy (non-hydrogen) atoms. The molecule has 0 aliphatic rings. The lowest BCUT2D eigenvalue weighted by Crippen LogP contribution is -1.76. The lowest BCUT2D eigenvalue weighted by molar-refractivity contribution is 0.112. The Hall–Kier alpha value is -1.22. The van der Waals surface area contributed by atoms with Crippen molar-refractivity contribution < 1.29 is 9.18 Å². The Kier molecular flexibility index (Phi) is 1.66. The number of aldehydes is 1. The van der Waals surface area contributed by atoms with Gasteiger partial charge in [0.05, 0.1) is 0 Å². The second-order valence-electron chi connectivity index (χ2n) is 2.45. The Bertz CT molecular complexity index is 433. The van der Waals surface area contributed by atoms with Crippen LogP contribution in [0.2, 0.25) is 0 Å². The fourth-order valence-electron chi connectivity index (χ4n) is 1.11. The lowest BCUT2D eigenvalue weighted by Gasteiger charge is -1.89. The fourth-order valence-corrected chi connectivity index (χ4v) is 2.00. The molecule has 1 nitrogen and oxygen atoms in total. The SMILES string of the molecule is O=Cc1csc2ccc(F)cc12.